The van der Waals surface area contributed by atoms with E-state index in [1.54, 1.807) is 30.0 Å². The van der Waals surface area contributed by atoms with Gasteiger partial charge >= 0.3 is 5.97 Å². The van der Waals surface area contributed by atoms with Crippen LogP contribution in [-0.2, 0) is 21.5 Å². The molecule has 1 saturated heterocycles. The molecule has 2 N–H and O–H groups in total. The number of aliphatic hydroxyl groups is 1. The molecule has 0 saturated carbocycles. The quantitative estimate of drug-likeness (QED) is 0.0796. The molecule has 3 aromatic rings. The van der Waals surface area contributed by atoms with Crippen LogP contribution in [0, 0.1) is 11.8 Å². The Bertz CT molecular complexity index is 1560. The third kappa shape index (κ3) is 5.16. The number of aliphatic carboxylic acids is 1. The van der Waals surface area contributed by atoms with Crippen molar-refractivity contribution in [2.24, 2.45) is 11.8 Å². The van der Waals surface area contributed by atoms with E-state index in [1.807, 2.05) is 13.1 Å². The van der Waals surface area contributed by atoms with Gasteiger partial charge in [-0.25, -0.2) is 9.36 Å². The highest BCUT2D eigenvalue weighted by Crippen LogP contribution is 2.51. The number of hydrogen-bond acceptors (Lipinski definition) is 6. The number of thioether (sulfide) groups is 1. The van der Waals surface area contributed by atoms with Crippen LogP contribution in [0.2, 0.25) is 18.1 Å². The van der Waals surface area contributed by atoms with Gasteiger partial charge in [0, 0.05) is 16.8 Å². The highest BCUT2D eigenvalue weighted by Gasteiger charge is 2.60. The van der Waals surface area contributed by atoms with Crippen molar-refractivity contribution in [2.75, 3.05) is 6.26 Å². The summed E-state index contributed by atoms with van der Waals surface area (Å²) in [6.45, 7) is 11.0. The van der Waals surface area contributed by atoms with Crippen molar-refractivity contribution < 1.29 is 28.8 Å². The van der Waals surface area contributed by atoms with Gasteiger partial charge in [-0.3, -0.25) is 4.79 Å². The molecule has 12 heteroatoms. The first-order valence-corrected chi connectivity index (χ1v) is 20.2. The first kappa shape index (κ1) is 31.3. The summed E-state index contributed by atoms with van der Waals surface area (Å²) in [6.07, 6.45) is 5.27. The van der Waals surface area contributed by atoms with Gasteiger partial charge in [0.25, 0.3) is 6.33 Å². The number of carboxylic acids is 1. The van der Waals surface area contributed by atoms with Crippen LogP contribution in [0.5, 0.6) is 5.75 Å². The largest absolute Gasteiger partial charge is 0.543 e. The number of halogens is 1. The molecule has 1 amide bonds. The fraction of sp³-hybridized carbons (Fsp3) is 0.500. The van der Waals surface area contributed by atoms with Gasteiger partial charge < -0.3 is 19.5 Å². The fourth-order valence-corrected chi connectivity index (χ4v) is 11.7. The lowest BCUT2D eigenvalue weighted by atomic mass is 9.77. The molecule has 2 aliphatic heterocycles. The van der Waals surface area contributed by atoms with Gasteiger partial charge in [0.05, 0.1) is 22.9 Å². The lowest BCUT2D eigenvalue weighted by Crippen LogP contribution is -2.63. The van der Waals surface area contributed by atoms with Crippen molar-refractivity contribution in [2.45, 2.75) is 81.8 Å². The lowest BCUT2D eigenvalue weighted by Gasteiger charge is -2.46. The second-order valence-corrected chi connectivity index (χ2v) is 18.4. The Hall–Kier alpha value is -2.12. The number of thiazole rings is 1. The Labute approximate surface area is 264 Å². The number of carbonyl (C=O) groups is 2. The molecule has 226 valence electrons. The second-order valence-electron chi connectivity index (χ2n) is 11.3. The fourth-order valence-electron chi connectivity index (χ4n) is 6.64. The van der Waals surface area contributed by atoms with Crippen LogP contribution in [-0.4, -0.2) is 58.1 Å². The van der Waals surface area contributed by atoms with Gasteiger partial charge in [-0.15, -0.1) is 0 Å². The van der Waals surface area contributed by atoms with Gasteiger partial charge in [-0.1, -0.05) is 72.8 Å². The van der Waals surface area contributed by atoms with E-state index in [1.165, 1.54) is 16.0 Å². The molecule has 4 heterocycles. The molecule has 1 aromatic carbocycles. The van der Waals surface area contributed by atoms with E-state index < -0.39 is 26.3 Å². The van der Waals surface area contributed by atoms with Crippen molar-refractivity contribution in [3.05, 3.63) is 52.4 Å². The van der Waals surface area contributed by atoms with Crippen LogP contribution in [0.25, 0.3) is 10.4 Å². The monoisotopic (exact) mass is 692 g/mol. The van der Waals surface area contributed by atoms with E-state index in [0.29, 0.717) is 12.1 Å². The molecule has 1 fully saturated rings. The minimum absolute atomic E-state index is 0.0439. The SMILES string of the molecule is CC[Si](CC)(CC)Oc1cc(CBr)cc(C[n+]2cn3cc(C4=C(C(=O)O)N5C(=O)[C@H]([C@@H](C)O)[C@H]5[C@H]4C)sc3c2SC)c1. The molecule has 4 atom stereocenters. The second kappa shape index (κ2) is 12.1. The summed E-state index contributed by atoms with van der Waals surface area (Å²) < 4.78 is 11.0. The van der Waals surface area contributed by atoms with Crippen molar-refractivity contribution >= 4 is 69.6 Å². The zero-order chi connectivity index (χ0) is 30.5. The van der Waals surface area contributed by atoms with E-state index in [4.69, 9.17) is 4.43 Å². The molecular formula is C30H39BrN3O5S2Si+. The molecule has 0 bridgehead atoms. The summed E-state index contributed by atoms with van der Waals surface area (Å²) in [5, 5.41) is 22.1. The van der Waals surface area contributed by atoms with Crippen LogP contribution < -0.4 is 8.99 Å². The summed E-state index contributed by atoms with van der Waals surface area (Å²) in [7, 11) is -1.81. The maximum Gasteiger partial charge on any atom is 0.352 e. The number of imidazole rings is 1. The number of fused-ring (bicyclic) bond motifs is 2. The summed E-state index contributed by atoms with van der Waals surface area (Å²) in [4.78, 5) is 28.4. The predicted octanol–water partition coefficient (Wildman–Crippen LogP) is 5.99. The van der Waals surface area contributed by atoms with E-state index in [2.05, 4.69) is 76.5 Å². The van der Waals surface area contributed by atoms with E-state index >= 15 is 0 Å². The first-order chi connectivity index (χ1) is 20.0. The van der Waals surface area contributed by atoms with Crippen molar-refractivity contribution in [1.82, 2.24) is 9.30 Å². The maximum atomic E-state index is 12.8. The number of amides is 1. The van der Waals surface area contributed by atoms with Crippen molar-refractivity contribution in [3.8, 4) is 5.75 Å². The molecule has 0 unspecified atom stereocenters. The molecule has 8 nitrogen and oxygen atoms in total. The summed E-state index contributed by atoms with van der Waals surface area (Å²) in [5.74, 6) is -1.25. The van der Waals surface area contributed by atoms with Crippen LogP contribution in [0.15, 0.2) is 41.4 Å². The number of aromatic nitrogens is 2. The topological polar surface area (TPSA) is 95.4 Å². The van der Waals surface area contributed by atoms with Crippen molar-refractivity contribution in [1.29, 1.82) is 0 Å². The maximum absolute atomic E-state index is 12.8. The summed E-state index contributed by atoms with van der Waals surface area (Å²) >= 11 is 6.84. The van der Waals surface area contributed by atoms with E-state index in [0.717, 1.165) is 43.9 Å². The molecule has 2 aliphatic rings. The normalized spacial score (nSPS) is 21.2. The highest BCUT2D eigenvalue weighted by molar-refractivity contribution is 9.08. The Kier molecular flexibility index (Phi) is 9.02. The molecule has 0 radical (unpaired) electrons. The third-order valence-electron chi connectivity index (χ3n) is 9.04. The number of rotatable bonds is 12. The number of nitrogens with zero attached hydrogens (tertiary/aromatic N) is 3. The third-order valence-corrected chi connectivity index (χ3v) is 16.3. The van der Waals surface area contributed by atoms with Crippen LogP contribution >= 0.6 is 39.0 Å². The number of carbonyl (C=O) groups excluding carboxylic acids is 1. The minimum Gasteiger partial charge on any atom is -0.543 e. The number of benzene rings is 1. The van der Waals surface area contributed by atoms with Gasteiger partial charge in [0.2, 0.25) is 24.1 Å². The lowest BCUT2D eigenvalue weighted by molar-refractivity contribution is -0.721. The van der Waals surface area contributed by atoms with Gasteiger partial charge in [0.15, 0.2) is 0 Å². The smallest absolute Gasteiger partial charge is 0.352 e. The molecule has 0 spiro atoms. The van der Waals surface area contributed by atoms with E-state index in [-0.39, 0.29) is 23.6 Å². The zero-order valence-corrected chi connectivity index (χ0v) is 29.1. The Morgan fingerprint density at radius 2 is 1.88 bits per heavy atom. The minimum atomic E-state index is -1.81. The van der Waals surface area contributed by atoms with Gasteiger partial charge in [-0.05, 0) is 54.6 Å². The molecule has 0 aliphatic carbocycles. The van der Waals surface area contributed by atoms with Crippen LogP contribution in [0.4, 0.5) is 0 Å². The summed E-state index contributed by atoms with van der Waals surface area (Å²) in [5.41, 5.74) is 3.06. The Balaban J connectivity index is 1.50. The first-order valence-electron chi connectivity index (χ1n) is 14.5. The predicted molar refractivity (Wildman–Crippen MR) is 173 cm³/mol. The number of aliphatic hydroxyl groups excluding tert-OH is 1. The van der Waals surface area contributed by atoms with Gasteiger partial charge in [0.1, 0.15) is 24.2 Å². The standard InChI is InChI=1S/C30H38BrN3O5S2Si/c1-7-42(8-2,9-3)39-21-11-19(13-31)10-20(12-21)14-32-16-33-15-22(41-29(33)28(32)40-6)23-17(4)25-24(18(5)35)27(36)34(25)26(23)30(37)38/h10-12,15-18,24-25,35H,7-9,13-14H2,1-6H3/p+1/t17-,18+,24+,25+/m0/s1. The number of hydrogen-bond donors (Lipinski definition) is 2. The van der Waals surface area contributed by atoms with E-state index in [9.17, 15) is 19.8 Å². The van der Waals surface area contributed by atoms with Crippen LogP contribution in [0.3, 0.4) is 0 Å². The highest BCUT2D eigenvalue weighted by atomic mass is 79.9. The molecule has 2 aromatic heterocycles. The average molecular weight is 694 g/mol. The van der Waals surface area contributed by atoms with Gasteiger partial charge in [-0.2, -0.15) is 4.40 Å². The zero-order valence-electron chi connectivity index (χ0n) is 24.9. The molecule has 42 heavy (non-hydrogen) atoms. The van der Waals surface area contributed by atoms with Crippen LogP contribution in [0.1, 0.15) is 50.6 Å². The number of carboxylic acid groups (broad SMARTS) is 1. The molecular weight excluding hydrogens is 654 g/mol. The average Bonchev–Trinajstić information content (AvgIpc) is 3.58. The Morgan fingerprint density at radius 1 is 1.21 bits per heavy atom. The molecule has 5 rings (SSSR count). The number of alkyl halides is 1. The number of β-lactam (4-membered cyclic amide) rings is 1. The van der Waals surface area contributed by atoms with Crippen molar-refractivity contribution in [3.63, 3.8) is 0 Å². The Morgan fingerprint density at radius 3 is 2.45 bits per heavy atom. The summed E-state index contributed by atoms with van der Waals surface area (Å²) in [6, 6.07) is 9.46.